The number of aromatic amines is 1. The lowest BCUT2D eigenvalue weighted by molar-refractivity contribution is -0.144. The Labute approximate surface area is 195 Å². The zero-order chi connectivity index (χ0) is 26.0. The summed E-state index contributed by atoms with van der Waals surface area (Å²) in [5.74, 6) is -5.64. The molecule has 0 aliphatic carbocycles. The van der Waals surface area contributed by atoms with Crippen molar-refractivity contribution in [3.63, 3.8) is 0 Å². The lowest BCUT2D eigenvalue weighted by atomic mass is 10.0. The predicted octanol–water partition coefficient (Wildman–Crippen LogP) is -2.28. The third kappa shape index (κ3) is 9.15. The van der Waals surface area contributed by atoms with Crippen LogP contribution < -0.4 is 21.7 Å². The highest BCUT2D eigenvalue weighted by molar-refractivity contribution is 5.94. The molecule has 14 nitrogen and oxygen atoms in total. The third-order valence-corrected chi connectivity index (χ3v) is 4.90. The van der Waals surface area contributed by atoms with E-state index in [2.05, 4.69) is 25.9 Å². The molecule has 0 aliphatic heterocycles. The first-order valence-corrected chi connectivity index (χ1v) is 10.6. The number of carboxylic acid groups (broad SMARTS) is 2. The number of aliphatic carboxylic acids is 2. The van der Waals surface area contributed by atoms with Gasteiger partial charge in [-0.2, -0.15) is 0 Å². The molecular weight excluding hydrogens is 452 g/mol. The molecule has 190 valence electrons. The van der Waals surface area contributed by atoms with Crippen LogP contribution in [-0.2, 0) is 30.4 Å². The van der Waals surface area contributed by atoms with Gasteiger partial charge in [0.1, 0.15) is 18.1 Å². The Morgan fingerprint density at radius 3 is 2.09 bits per heavy atom. The maximum Gasteiger partial charge on any atom is 0.326 e. The van der Waals surface area contributed by atoms with E-state index in [4.69, 9.17) is 10.8 Å². The first-order valence-electron chi connectivity index (χ1n) is 10.6. The van der Waals surface area contributed by atoms with Crippen LogP contribution in [0.1, 0.15) is 39.3 Å². The zero-order valence-electron chi connectivity index (χ0n) is 19.1. The van der Waals surface area contributed by atoms with Crippen LogP contribution in [0.4, 0.5) is 0 Å². The molecule has 0 spiro atoms. The van der Waals surface area contributed by atoms with E-state index in [1.165, 1.54) is 19.4 Å². The molecule has 5 atom stereocenters. The first-order chi connectivity index (χ1) is 15.8. The van der Waals surface area contributed by atoms with Crippen molar-refractivity contribution >= 4 is 29.7 Å². The SMILES string of the molecule is CC(C)C(NC(=O)C(NC(=O)C(CCC(=O)O)NC(=O)C(N)Cc1cnc[nH]1)C(C)O)C(=O)O. The number of rotatable bonds is 14. The third-order valence-electron chi connectivity index (χ3n) is 4.90. The van der Waals surface area contributed by atoms with Gasteiger partial charge < -0.3 is 42.0 Å². The number of H-pyrrole nitrogens is 1. The highest BCUT2D eigenvalue weighted by Gasteiger charge is 2.33. The highest BCUT2D eigenvalue weighted by atomic mass is 16.4. The molecule has 0 saturated carbocycles. The number of carboxylic acids is 2. The molecular formula is C20H32N6O8. The predicted molar refractivity (Wildman–Crippen MR) is 117 cm³/mol. The normalized spacial score (nSPS) is 15.5. The molecule has 9 N–H and O–H groups in total. The Hall–Kier alpha value is -3.52. The maximum atomic E-state index is 12.8. The quantitative estimate of drug-likeness (QED) is 0.141. The zero-order valence-corrected chi connectivity index (χ0v) is 19.1. The fourth-order valence-electron chi connectivity index (χ4n) is 2.96. The summed E-state index contributed by atoms with van der Waals surface area (Å²) in [6.45, 7) is 4.35. The minimum absolute atomic E-state index is 0.0730. The molecule has 0 radical (unpaired) electrons. The van der Waals surface area contributed by atoms with E-state index < -0.39 is 72.3 Å². The summed E-state index contributed by atoms with van der Waals surface area (Å²) in [6.07, 6.45) is 0.719. The highest BCUT2D eigenvalue weighted by Crippen LogP contribution is 2.06. The number of aliphatic hydroxyl groups excluding tert-OH is 1. The molecule has 5 unspecified atom stereocenters. The van der Waals surface area contributed by atoms with Crippen LogP contribution in [0.15, 0.2) is 12.5 Å². The number of aromatic nitrogens is 2. The van der Waals surface area contributed by atoms with Crippen molar-refractivity contribution in [3.8, 4) is 0 Å². The Morgan fingerprint density at radius 2 is 1.62 bits per heavy atom. The average molecular weight is 485 g/mol. The van der Waals surface area contributed by atoms with Gasteiger partial charge in [-0.1, -0.05) is 13.8 Å². The molecule has 1 rings (SSSR count). The van der Waals surface area contributed by atoms with Crippen molar-refractivity contribution < 1.29 is 39.3 Å². The smallest absolute Gasteiger partial charge is 0.326 e. The van der Waals surface area contributed by atoms with Crippen LogP contribution in [0.2, 0.25) is 0 Å². The van der Waals surface area contributed by atoms with Gasteiger partial charge in [0.25, 0.3) is 0 Å². The number of imidazole rings is 1. The van der Waals surface area contributed by atoms with Gasteiger partial charge in [-0.05, 0) is 19.3 Å². The van der Waals surface area contributed by atoms with Gasteiger partial charge in [0.15, 0.2) is 0 Å². The molecule has 34 heavy (non-hydrogen) atoms. The first kappa shape index (κ1) is 28.5. The molecule has 1 aromatic rings. The van der Waals surface area contributed by atoms with E-state index in [9.17, 15) is 34.2 Å². The van der Waals surface area contributed by atoms with Crippen molar-refractivity contribution in [1.29, 1.82) is 0 Å². The minimum atomic E-state index is -1.56. The number of carbonyl (C=O) groups is 5. The summed E-state index contributed by atoms with van der Waals surface area (Å²) in [4.78, 5) is 66.8. The van der Waals surface area contributed by atoms with Crippen molar-refractivity contribution in [3.05, 3.63) is 18.2 Å². The van der Waals surface area contributed by atoms with Crippen LogP contribution >= 0.6 is 0 Å². The van der Waals surface area contributed by atoms with E-state index in [-0.39, 0.29) is 12.8 Å². The van der Waals surface area contributed by atoms with Crippen LogP contribution in [0.5, 0.6) is 0 Å². The molecule has 0 aromatic carbocycles. The maximum absolute atomic E-state index is 12.8. The van der Waals surface area contributed by atoms with Gasteiger partial charge in [-0.3, -0.25) is 19.2 Å². The largest absolute Gasteiger partial charge is 0.481 e. The second-order valence-electron chi connectivity index (χ2n) is 8.18. The van der Waals surface area contributed by atoms with Gasteiger partial charge in [-0.25, -0.2) is 9.78 Å². The Morgan fingerprint density at radius 1 is 1.00 bits per heavy atom. The summed E-state index contributed by atoms with van der Waals surface area (Å²) in [6, 6.07) is -5.30. The van der Waals surface area contributed by atoms with Crippen molar-refractivity contribution in [1.82, 2.24) is 25.9 Å². The molecule has 14 heteroatoms. The van der Waals surface area contributed by atoms with Crippen LogP contribution in [0.3, 0.4) is 0 Å². The van der Waals surface area contributed by atoms with E-state index in [1.807, 2.05) is 0 Å². The van der Waals surface area contributed by atoms with Crippen molar-refractivity contribution in [2.24, 2.45) is 11.7 Å². The minimum Gasteiger partial charge on any atom is -0.481 e. The van der Waals surface area contributed by atoms with E-state index >= 15 is 0 Å². The molecule has 1 aromatic heterocycles. The van der Waals surface area contributed by atoms with Crippen molar-refractivity contribution in [2.75, 3.05) is 0 Å². The summed E-state index contributed by atoms with van der Waals surface area (Å²) < 4.78 is 0. The molecule has 0 bridgehead atoms. The van der Waals surface area contributed by atoms with Gasteiger partial charge >= 0.3 is 11.9 Å². The van der Waals surface area contributed by atoms with E-state index in [0.717, 1.165) is 0 Å². The summed E-state index contributed by atoms with van der Waals surface area (Å²) in [7, 11) is 0. The Bertz CT molecular complexity index is 857. The number of nitrogens with zero attached hydrogens (tertiary/aromatic N) is 1. The van der Waals surface area contributed by atoms with Gasteiger partial charge in [0.2, 0.25) is 17.7 Å². The van der Waals surface area contributed by atoms with Gasteiger partial charge in [-0.15, -0.1) is 0 Å². The van der Waals surface area contributed by atoms with Crippen LogP contribution in [0, 0.1) is 5.92 Å². The summed E-state index contributed by atoms with van der Waals surface area (Å²) in [5.41, 5.74) is 6.42. The summed E-state index contributed by atoms with van der Waals surface area (Å²) in [5, 5.41) is 35.1. The van der Waals surface area contributed by atoms with Gasteiger partial charge in [0, 0.05) is 24.7 Å². The number of nitrogens with one attached hydrogen (secondary N) is 4. The molecule has 0 fully saturated rings. The lowest BCUT2D eigenvalue weighted by Crippen LogP contribution is -2.60. The number of aliphatic hydroxyl groups is 1. The molecule has 0 aliphatic rings. The molecule has 3 amide bonds. The lowest BCUT2D eigenvalue weighted by Gasteiger charge is -2.27. The average Bonchev–Trinajstić information content (AvgIpc) is 3.24. The van der Waals surface area contributed by atoms with Crippen molar-refractivity contribution in [2.45, 2.75) is 70.3 Å². The van der Waals surface area contributed by atoms with Crippen LogP contribution in [-0.4, -0.2) is 85.2 Å². The second kappa shape index (κ2) is 13.3. The topological polar surface area (TPSA) is 237 Å². The number of hydrogen-bond acceptors (Lipinski definition) is 8. The van der Waals surface area contributed by atoms with E-state index in [1.54, 1.807) is 13.8 Å². The molecule has 1 heterocycles. The van der Waals surface area contributed by atoms with E-state index in [0.29, 0.717) is 5.69 Å². The fourth-order valence-corrected chi connectivity index (χ4v) is 2.96. The Kier molecular flexibility index (Phi) is 11.1. The second-order valence-corrected chi connectivity index (χ2v) is 8.18. The Balaban J connectivity index is 2.94. The number of nitrogens with two attached hydrogens (primary N) is 1. The standard InChI is InChI=1S/C20H32N6O8/c1-9(2)15(20(33)34)25-19(32)16(10(3)27)26-18(31)13(4-5-14(28)29)24-17(30)12(21)6-11-7-22-8-23-11/h7-10,12-13,15-16,27H,4-6,21H2,1-3H3,(H,22,23)(H,24,30)(H,25,32)(H,26,31)(H,28,29)(H,33,34). The number of hydrogen-bond donors (Lipinski definition) is 8. The molecule has 0 saturated heterocycles. The fraction of sp³-hybridized carbons (Fsp3) is 0.600. The number of amides is 3. The number of carbonyl (C=O) groups excluding carboxylic acids is 3. The monoisotopic (exact) mass is 484 g/mol. The van der Waals surface area contributed by atoms with Crippen LogP contribution in [0.25, 0.3) is 0 Å². The summed E-state index contributed by atoms with van der Waals surface area (Å²) >= 11 is 0. The van der Waals surface area contributed by atoms with Gasteiger partial charge in [0.05, 0.1) is 18.5 Å².